The fourth-order valence-electron chi connectivity index (χ4n) is 3.82. The van der Waals surface area contributed by atoms with Gasteiger partial charge in [-0.25, -0.2) is 8.42 Å². The van der Waals surface area contributed by atoms with Gasteiger partial charge in [-0.1, -0.05) is 38.8 Å². The molecule has 30 heavy (non-hydrogen) atoms. The molecule has 1 unspecified atom stereocenters. The maximum Gasteiger partial charge on any atom is 0.251 e. The number of sulfonamides is 1. The van der Waals surface area contributed by atoms with Gasteiger partial charge in [-0.2, -0.15) is 4.31 Å². The van der Waals surface area contributed by atoms with Crippen LogP contribution in [0.1, 0.15) is 53.5 Å². The topological polar surface area (TPSA) is 75.7 Å². The molecule has 1 aliphatic rings. The highest BCUT2D eigenvalue weighted by Gasteiger charge is 2.29. The summed E-state index contributed by atoms with van der Waals surface area (Å²) >= 11 is 1.63. The lowest BCUT2D eigenvalue weighted by Gasteiger charge is -2.27. The summed E-state index contributed by atoms with van der Waals surface area (Å²) in [4.78, 5) is 14.4. The Morgan fingerprint density at radius 3 is 2.50 bits per heavy atom. The van der Waals surface area contributed by atoms with E-state index in [1.54, 1.807) is 30.4 Å². The van der Waals surface area contributed by atoms with Gasteiger partial charge in [0.1, 0.15) is 0 Å². The number of carbonyl (C=O) groups is 1. The van der Waals surface area contributed by atoms with Gasteiger partial charge in [0.05, 0.1) is 24.2 Å². The standard InChI is InChI=1S/C22H30N2O4S2/c1-4-17(5-2)21(19-7-6-14-29-19)23-22(25)18-9-8-16(3)20(15-18)30(26,27)24-10-12-28-13-11-24/h6-9,14-15,17,21H,4-5,10-13H2,1-3H3,(H,23,25). The predicted octanol–water partition coefficient (Wildman–Crippen LogP) is 3.98. The first-order valence-electron chi connectivity index (χ1n) is 10.4. The number of nitrogens with zero attached hydrogens (tertiary/aromatic N) is 1. The van der Waals surface area contributed by atoms with Crippen molar-refractivity contribution in [2.24, 2.45) is 5.92 Å². The van der Waals surface area contributed by atoms with Gasteiger partial charge in [0.25, 0.3) is 5.91 Å². The molecule has 3 rings (SSSR count). The van der Waals surface area contributed by atoms with Gasteiger partial charge in [0, 0.05) is 23.5 Å². The minimum Gasteiger partial charge on any atom is -0.379 e. The smallest absolute Gasteiger partial charge is 0.251 e. The number of amides is 1. The summed E-state index contributed by atoms with van der Waals surface area (Å²) in [6, 6.07) is 8.85. The Hall–Kier alpha value is -1.74. The van der Waals surface area contributed by atoms with Gasteiger partial charge in [-0.05, 0) is 42.0 Å². The average Bonchev–Trinajstić information content (AvgIpc) is 3.29. The number of thiophene rings is 1. The largest absolute Gasteiger partial charge is 0.379 e. The van der Waals surface area contributed by atoms with Crippen LogP contribution in [0.4, 0.5) is 0 Å². The Balaban J connectivity index is 1.88. The molecule has 2 aromatic rings. The van der Waals surface area contributed by atoms with E-state index in [0.29, 0.717) is 43.3 Å². The van der Waals surface area contributed by atoms with Gasteiger partial charge in [0.2, 0.25) is 10.0 Å². The molecule has 1 atom stereocenters. The highest BCUT2D eigenvalue weighted by Crippen LogP contribution is 2.31. The highest BCUT2D eigenvalue weighted by atomic mass is 32.2. The van der Waals surface area contributed by atoms with Crippen molar-refractivity contribution in [1.29, 1.82) is 0 Å². The molecule has 1 fully saturated rings. The van der Waals surface area contributed by atoms with Crippen molar-refractivity contribution in [2.75, 3.05) is 26.3 Å². The fourth-order valence-corrected chi connectivity index (χ4v) is 6.35. The van der Waals surface area contributed by atoms with Crippen molar-refractivity contribution in [2.45, 2.75) is 44.6 Å². The molecule has 1 saturated heterocycles. The number of ether oxygens (including phenoxy) is 1. The second kappa shape index (κ2) is 10.0. The molecule has 0 spiro atoms. The number of hydrogen-bond acceptors (Lipinski definition) is 5. The molecule has 8 heteroatoms. The van der Waals surface area contributed by atoms with E-state index in [9.17, 15) is 13.2 Å². The number of nitrogens with one attached hydrogen (secondary N) is 1. The molecule has 1 amide bonds. The zero-order chi connectivity index (χ0) is 21.7. The number of morpholine rings is 1. The third-order valence-corrected chi connectivity index (χ3v) is 8.69. The lowest BCUT2D eigenvalue weighted by atomic mass is 9.92. The Morgan fingerprint density at radius 2 is 1.90 bits per heavy atom. The molecule has 0 radical (unpaired) electrons. The highest BCUT2D eigenvalue weighted by molar-refractivity contribution is 7.89. The molecule has 1 aromatic carbocycles. The van der Waals surface area contributed by atoms with Crippen LogP contribution in [0, 0.1) is 12.8 Å². The molecule has 0 aliphatic carbocycles. The summed E-state index contributed by atoms with van der Waals surface area (Å²) in [6.45, 7) is 7.43. The first kappa shape index (κ1) is 22.9. The first-order valence-corrected chi connectivity index (χ1v) is 12.7. The maximum atomic E-state index is 13.1. The summed E-state index contributed by atoms with van der Waals surface area (Å²) in [5.41, 5.74) is 0.993. The molecule has 1 N–H and O–H groups in total. The van der Waals surface area contributed by atoms with Gasteiger partial charge in [-0.3, -0.25) is 4.79 Å². The van der Waals surface area contributed by atoms with Crippen LogP contribution in [-0.2, 0) is 14.8 Å². The van der Waals surface area contributed by atoms with Gasteiger partial charge >= 0.3 is 0 Å². The summed E-state index contributed by atoms with van der Waals surface area (Å²) in [5.74, 6) is 0.0633. The molecular weight excluding hydrogens is 420 g/mol. The monoisotopic (exact) mass is 450 g/mol. The summed E-state index contributed by atoms with van der Waals surface area (Å²) in [5, 5.41) is 5.17. The van der Waals surface area contributed by atoms with Gasteiger partial charge < -0.3 is 10.1 Å². The Morgan fingerprint density at radius 1 is 1.20 bits per heavy atom. The van der Waals surface area contributed by atoms with Crippen LogP contribution in [0.25, 0.3) is 0 Å². The second-order valence-corrected chi connectivity index (χ2v) is 10.4. The number of hydrogen-bond donors (Lipinski definition) is 1. The minimum atomic E-state index is -3.67. The molecule has 164 valence electrons. The third-order valence-electron chi connectivity index (χ3n) is 5.69. The van der Waals surface area contributed by atoms with Crippen molar-refractivity contribution in [3.05, 3.63) is 51.7 Å². The minimum absolute atomic E-state index is 0.0897. The van der Waals surface area contributed by atoms with E-state index in [4.69, 9.17) is 4.74 Å². The van der Waals surface area contributed by atoms with E-state index in [-0.39, 0.29) is 16.8 Å². The zero-order valence-corrected chi connectivity index (χ0v) is 19.4. The predicted molar refractivity (Wildman–Crippen MR) is 119 cm³/mol. The Labute approximate surface area is 183 Å². The quantitative estimate of drug-likeness (QED) is 0.660. The van der Waals surface area contributed by atoms with Gasteiger partial charge in [-0.15, -0.1) is 11.3 Å². The number of benzene rings is 1. The number of carbonyl (C=O) groups excluding carboxylic acids is 1. The van der Waals surface area contributed by atoms with Gasteiger partial charge in [0.15, 0.2) is 0 Å². The SMILES string of the molecule is CCC(CC)C(NC(=O)c1ccc(C)c(S(=O)(=O)N2CCOCC2)c1)c1cccs1. The average molecular weight is 451 g/mol. The molecule has 1 aromatic heterocycles. The summed E-state index contributed by atoms with van der Waals surface area (Å²) in [6.07, 6.45) is 1.90. The van der Waals surface area contributed by atoms with Crippen molar-refractivity contribution in [3.8, 4) is 0 Å². The zero-order valence-electron chi connectivity index (χ0n) is 17.8. The summed E-state index contributed by atoms with van der Waals surface area (Å²) in [7, 11) is -3.67. The molecule has 6 nitrogen and oxygen atoms in total. The van der Waals surface area contributed by atoms with Crippen molar-refractivity contribution in [1.82, 2.24) is 9.62 Å². The van der Waals surface area contributed by atoms with Crippen molar-refractivity contribution in [3.63, 3.8) is 0 Å². The van der Waals surface area contributed by atoms with E-state index in [1.807, 2.05) is 17.5 Å². The van der Waals surface area contributed by atoms with E-state index in [2.05, 4.69) is 19.2 Å². The van der Waals surface area contributed by atoms with Crippen LogP contribution in [0.2, 0.25) is 0 Å². The fraction of sp³-hybridized carbons (Fsp3) is 0.500. The van der Waals surface area contributed by atoms with Crippen molar-refractivity contribution >= 4 is 27.3 Å². The summed E-state index contributed by atoms with van der Waals surface area (Å²) < 4.78 is 33.0. The van der Waals surface area contributed by atoms with E-state index in [1.165, 1.54) is 10.4 Å². The molecule has 1 aliphatic heterocycles. The van der Waals surface area contributed by atoms with Crippen LogP contribution in [-0.4, -0.2) is 44.9 Å². The normalized spacial score (nSPS) is 16.5. The van der Waals surface area contributed by atoms with E-state index in [0.717, 1.165) is 17.7 Å². The second-order valence-electron chi connectivity index (χ2n) is 7.54. The van der Waals surface area contributed by atoms with E-state index >= 15 is 0 Å². The number of aryl methyl sites for hydroxylation is 1. The van der Waals surface area contributed by atoms with Crippen LogP contribution >= 0.6 is 11.3 Å². The third kappa shape index (κ3) is 4.94. The van der Waals surface area contributed by atoms with Crippen LogP contribution in [0.3, 0.4) is 0 Å². The maximum absolute atomic E-state index is 13.1. The van der Waals surface area contributed by atoms with Crippen molar-refractivity contribution < 1.29 is 17.9 Å². The van der Waals surface area contributed by atoms with Crippen LogP contribution in [0.5, 0.6) is 0 Å². The lowest BCUT2D eigenvalue weighted by molar-refractivity contribution is 0.0730. The van der Waals surface area contributed by atoms with E-state index < -0.39 is 10.0 Å². The van der Waals surface area contributed by atoms with Crippen LogP contribution in [0.15, 0.2) is 40.6 Å². The lowest BCUT2D eigenvalue weighted by Crippen LogP contribution is -2.41. The van der Waals surface area contributed by atoms with Crippen LogP contribution < -0.4 is 5.32 Å². The first-order chi connectivity index (χ1) is 14.4. The Bertz CT molecular complexity index is 948. The molecule has 2 heterocycles. The molecular formula is C22H30N2O4S2. The Kier molecular flexibility index (Phi) is 7.68. The molecule has 0 saturated carbocycles. The number of rotatable bonds is 8. The molecule has 0 bridgehead atoms.